The number of aryl methyl sites for hydroxylation is 1. The summed E-state index contributed by atoms with van der Waals surface area (Å²) in [7, 11) is 1.56. The van der Waals surface area contributed by atoms with Crippen molar-refractivity contribution in [1.82, 2.24) is 0 Å². The number of halogens is 1. The Morgan fingerprint density at radius 3 is 2.69 bits per heavy atom. The molecule has 0 saturated heterocycles. The fraction of sp³-hybridized carbons (Fsp3) is 0.300. The molecule has 13 heavy (non-hydrogen) atoms. The Labute approximate surface area is 86.7 Å². The van der Waals surface area contributed by atoms with E-state index < -0.39 is 0 Å². The molecule has 0 heterocycles. The predicted octanol–water partition coefficient (Wildman–Crippen LogP) is 2.74. The zero-order chi connectivity index (χ0) is 9.68. The van der Waals surface area contributed by atoms with Crippen LogP contribution in [-0.2, 0) is 4.84 Å². The zero-order valence-corrected chi connectivity index (χ0v) is 9.34. The van der Waals surface area contributed by atoms with Crippen LogP contribution in [0, 0.1) is 6.92 Å². The molecule has 0 aliphatic rings. The first kappa shape index (κ1) is 10.3. The number of rotatable bonds is 3. The lowest BCUT2D eigenvalue weighted by molar-refractivity contribution is 0.213. The monoisotopic (exact) mass is 241 g/mol. The van der Waals surface area contributed by atoms with E-state index in [0.717, 1.165) is 11.3 Å². The summed E-state index contributed by atoms with van der Waals surface area (Å²) >= 11 is 3.38. The third kappa shape index (κ3) is 2.56. The largest absolute Gasteiger partial charge is 0.399 e. The lowest BCUT2D eigenvalue weighted by Gasteiger charge is -2.05. The Balaban J connectivity index is 3.05. The molecular formula is C10H12BrNO. The molecule has 0 saturated carbocycles. The van der Waals surface area contributed by atoms with Gasteiger partial charge in [0.1, 0.15) is 7.11 Å². The molecule has 0 amide bonds. The van der Waals surface area contributed by atoms with Gasteiger partial charge in [0.15, 0.2) is 0 Å². The van der Waals surface area contributed by atoms with Crippen molar-refractivity contribution >= 4 is 21.6 Å². The number of hydrogen-bond donors (Lipinski definition) is 0. The van der Waals surface area contributed by atoms with Crippen LogP contribution in [0.3, 0.4) is 0 Å². The molecule has 0 N–H and O–H groups in total. The molecule has 0 radical (unpaired) electrons. The van der Waals surface area contributed by atoms with E-state index in [-0.39, 0.29) is 0 Å². The molecule has 1 aromatic rings. The molecule has 70 valence electrons. The van der Waals surface area contributed by atoms with Gasteiger partial charge >= 0.3 is 0 Å². The van der Waals surface area contributed by atoms with E-state index in [1.807, 2.05) is 18.2 Å². The van der Waals surface area contributed by atoms with Gasteiger partial charge in [0, 0.05) is 10.9 Å². The van der Waals surface area contributed by atoms with Crippen LogP contribution in [-0.4, -0.2) is 18.2 Å². The van der Waals surface area contributed by atoms with Gasteiger partial charge in [-0.3, -0.25) is 0 Å². The van der Waals surface area contributed by atoms with Crippen molar-refractivity contribution in [3.05, 3.63) is 35.4 Å². The highest BCUT2D eigenvalue weighted by Gasteiger charge is 2.04. The van der Waals surface area contributed by atoms with Crippen LogP contribution in [0.5, 0.6) is 0 Å². The standard InChI is InChI=1S/C10H12BrNO/c1-8-5-3-4-6-9(8)10(7-11)12-13-2/h3-6H,7H2,1-2H3/b12-10-. The molecule has 1 aromatic carbocycles. The van der Waals surface area contributed by atoms with Gasteiger partial charge in [-0.05, 0) is 12.5 Å². The molecule has 2 nitrogen and oxygen atoms in total. The van der Waals surface area contributed by atoms with E-state index in [1.165, 1.54) is 5.56 Å². The third-order valence-electron chi connectivity index (χ3n) is 1.78. The average molecular weight is 242 g/mol. The fourth-order valence-electron chi connectivity index (χ4n) is 1.15. The first-order chi connectivity index (χ1) is 6.29. The van der Waals surface area contributed by atoms with Crippen molar-refractivity contribution in [2.75, 3.05) is 12.4 Å². The van der Waals surface area contributed by atoms with Crippen LogP contribution in [0.4, 0.5) is 0 Å². The van der Waals surface area contributed by atoms with Crippen LogP contribution < -0.4 is 0 Å². The van der Waals surface area contributed by atoms with Crippen molar-refractivity contribution in [2.45, 2.75) is 6.92 Å². The minimum Gasteiger partial charge on any atom is -0.399 e. The SMILES string of the molecule is CO/N=C(/CBr)c1ccccc1C. The molecule has 1 rings (SSSR count). The average Bonchev–Trinajstić information content (AvgIpc) is 2.16. The Kier molecular flexibility index (Phi) is 3.96. The minimum absolute atomic E-state index is 0.700. The van der Waals surface area contributed by atoms with Crippen molar-refractivity contribution in [1.29, 1.82) is 0 Å². The van der Waals surface area contributed by atoms with E-state index in [1.54, 1.807) is 7.11 Å². The smallest absolute Gasteiger partial charge is 0.106 e. The second kappa shape index (κ2) is 5.02. The van der Waals surface area contributed by atoms with Crippen molar-refractivity contribution in [3.63, 3.8) is 0 Å². The molecule has 0 unspecified atom stereocenters. The number of hydrogen-bond acceptors (Lipinski definition) is 2. The number of alkyl halides is 1. The quantitative estimate of drug-likeness (QED) is 0.453. The predicted molar refractivity (Wildman–Crippen MR) is 58.5 cm³/mol. The lowest BCUT2D eigenvalue weighted by Crippen LogP contribution is -2.04. The maximum Gasteiger partial charge on any atom is 0.106 e. The molecule has 0 atom stereocenters. The summed E-state index contributed by atoms with van der Waals surface area (Å²) in [5.41, 5.74) is 3.25. The van der Waals surface area contributed by atoms with Gasteiger partial charge < -0.3 is 4.84 Å². The van der Waals surface area contributed by atoms with Gasteiger partial charge in [0.25, 0.3) is 0 Å². The summed E-state index contributed by atoms with van der Waals surface area (Å²) in [6.07, 6.45) is 0. The van der Waals surface area contributed by atoms with Crippen molar-refractivity contribution in [2.24, 2.45) is 5.16 Å². The Hall–Kier alpha value is -0.830. The number of benzene rings is 1. The van der Waals surface area contributed by atoms with Crippen LogP contribution in [0.25, 0.3) is 0 Å². The van der Waals surface area contributed by atoms with E-state index in [4.69, 9.17) is 4.84 Å². The van der Waals surface area contributed by atoms with E-state index >= 15 is 0 Å². The van der Waals surface area contributed by atoms with Crippen LogP contribution in [0.15, 0.2) is 29.4 Å². The summed E-state index contributed by atoms with van der Waals surface area (Å²) < 4.78 is 0. The minimum atomic E-state index is 0.700. The molecular weight excluding hydrogens is 230 g/mol. The molecule has 0 spiro atoms. The lowest BCUT2D eigenvalue weighted by atomic mass is 10.1. The molecule has 3 heteroatoms. The van der Waals surface area contributed by atoms with Gasteiger partial charge in [-0.2, -0.15) is 0 Å². The molecule has 0 aliphatic carbocycles. The fourth-order valence-corrected chi connectivity index (χ4v) is 1.56. The van der Waals surface area contributed by atoms with Gasteiger partial charge in [0.05, 0.1) is 5.71 Å². The summed E-state index contributed by atoms with van der Waals surface area (Å²) in [6, 6.07) is 8.10. The first-order valence-corrected chi connectivity index (χ1v) is 5.13. The highest BCUT2D eigenvalue weighted by molar-refractivity contribution is 9.09. The number of oxime groups is 1. The maximum absolute atomic E-state index is 4.76. The topological polar surface area (TPSA) is 21.6 Å². The molecule has 0 aliphatic heterocycles. The number of nitrogens with zero attached hydrogens (tertiary/aromatic N) is 1. The van der Waals surface area contributed by atoms with Gasteiger partial charge in [-0.15, -0.1) is 0 Å². The summed E-state index contributed by atoms with van der Waals surface area (Å²) in [4.78, 5) is 4.76. The van der Waals surface area contributed by atoms with Gasteiger partial charge in [0.2, 0.25) is 0 Å². The van der Waals surface area contributed by atoms with E-state index in [9.17, 15) is 0 Å². The van der Waals surface area contributed by atoms with Crippen LogP contribution >= 0.6 is 15.9 Å². The normalized spacial score (nSPS) is 11.5. The third-order valence-corrected chi connectivity index (χ3v) is 2.32. The van der Waals surface area contributed by atoms with Gasteiger partial charge in [-0.1, -0.05) is 45.4 Å². The highest BCUT2D eigenvalue weighted by Crippen LogP contribution is 2.10. The van der Waals surface area contributed by atoms with E-state index in [2.05, 4.69) is 34.1 Å². The van der Waals surface area contributed by atoms with Gasteiger partial charge in [-0.25, -0.2) is 0 Å². The van der Waals surface area contributed by atoms with Crippen molar-refractivity contribution < 1.29 is 4.84 Å². The molecule has 0 bridgehead atoms. The zero-order valence-electron chi connectivity index (χ0n) is 7.75. The summed E-state index contributed by atoms with van der Waals surface area (Å²) in [5, 5.41) is 4.64. The van der Waals surface area contributed by atoms with E-state index in [0.29, 0.717) is 5.33 Å². The summed E-state index contributed by atoms with van der Waals surface area (Å²) in [5.74, 6) is 0. The van der Waals surface area contributed by atoms with Crippen molar-refractivity contribution in [3.8, 4) is 0 Å². The second-order valence-corrected chi connectivity index (χ2v) is 3.23. The summed E-state index contributed by atoms with van der Waals surface area (Å²) in [6.45, 7) is 2.06. The second-order valence-electron chi connectivity index (χ2n) is 2.67. The van der Waals surface area contributed by atoms with Crippen LogP contribution in [0.1, 0.15) is 11.1 Å². The highest BCUT2D eigenvalue weighted by atomic mass is 79.9. The molecule has 0 aromatic heterocycles. The first-order valence-electron chi connectivity index (χ1n) is 4.01. The Morgan fingerprint density at radius 1 is 1.46 bits per heavy atom. The van der Waals surface area contributed by atoms with Crippen LogP contribution in [0.2, 0.25) is 0 Å². The Morgan fingerprint density at radius 2 is 2.15 bits per heavy atom. The maximum atomic E-state index is 4.76. The molecule has 0 fully saturated rings. The Bertz CT molecular complexity index is 310.